The number of fused-ring (bicyclic) bond motifs is 1. The number of carbonyl (C=O) groups excluding carboxylic acids is 1. The molecule has 0 aliphatic carbocycles. The van der Waals surface area contributed by atoms with Crippen molar-refractivity contribution in [2.24, 2.45) is 13.0 Å². The van der Waals surface area contributed by atoms with E-state index in [1.54, 1.807) is 29.6 Å². The van der Waals surface area contributed by atoms with Crippen molar-refractivity contribution in [2.75, 3.05) is 26.9 Å². The predicted octanol–water partition coefficient (Wildman–Crippen LogP) is 2.24. The topological polar surface area (TPSA) is 69.5 Å². The molecule has 1 aliphatic heterocycles. The van der Waals surface area contributed by atoms with Crippen molar-refractivity contribution in [2.45, 2.75) is 26.3 Å². The lowest BCUT2D eigenvalue weighted by molar-refractivity contribution is 0.0589. The minimum absolute atomic E-state index is 0.0941. The van der Waals surface area contributed by atoms with Gasteiger partial charge in [-0.05, 0) is 18.1 Å². The Hall–Kier alpha value is -2.41. The Balaban J connectivity index is 1.82. The molecular weight excluding hydrogens is 332 g/mol. The molecule has 2 aromatic heterocycles. The van der Waals surface area contributed by atoms with Crippen molar-refractivity contribution in [3.63, 3.8) is 0 Å². The zero-order valence-corrected chi connectivity index (χ0v) is 15.8. The highest BCUT2D eigenvalue weighted by Crippen LogP contribution is 2.29. The number of amides is 1. The summed E-state index contributed by atoms with van der Waals surface area (Å²) in [6.07, 6.45) is 3.42. The molecule has 3 heterocycles. The Kier molecular flexibility index (Phi) is 5.56. The SMILES string of the molecule is COc1ncccc1C(=O)N1Cc2ncn(C)c2[C@H](COCC(C)C)C1. The average Bonchev–Trinajstić information content (AvgIpc) is 3.02. The fourth-order valence-corrected chi connectivity index (χ4v) is 3.35. The number of aryl methyl sites for hydroxylation is 1. The summed E-state index contributed by atoms with van der Waals surface area (Å²) in [5.41, 5.74) is 2.54. The number of methoxy groups -OCH3 is 1. The number of imidazole rings is 1. The van der Waals surface area contributed by atoms with Gasteiger partial charge < -0.3 is 18.9 Å². The van der Waals surface area contributed by atoms with E-state index in [4.69, 9.17) is 9.47 Å². The summed E-state index contributed by atoms with van der Waals surface area (Å²) in [6.45, 7) is 6.59. The number of pyridine rings is 1. The number of aromatic nitrogens is 3. The van der Waals surface area contributed by atoms with Crippen LogP contribution >= 0.6 is 0 Å². The molecule has 7 nitrogen and oxygen atoms in total. The number of nitrogens with zero attached hydrogens (tertiary/aromatic N) is 4. The summed E-state index contributed by atoms with van der Waals surface area (Å²) < 4.78 is 13.2. The van der Waals surface area contributed by atoms with Gasteiger partial charge in [-0.1, -0.05) is 13.8 Å². The largest absolute Gasteiger partial charge is 0.480 e. The van der Waals surface area contributed by atoms with Gasteiger partial charge in [-0.2, -0.15) is 0 Å². The van der Waals surface area contributed by atoms with Gasteiger partial charge in [-0.3, -0.25) is 4.79 Å². The number of hydrogen-bond donors (Lipinski definition) is 0. The van der Waals surface area contributed by atoms with E-state index in [1.807, 2.05) is 11.6 Å². The van der Waals surface area contributed by atoms with Crippen molar-refractivity contribution in [3.8, 4) is 5.88 Å². The molecule has 3 rings (SSSR count). The van der Waals surface area contributed by atoms with Gasteiger partial charge >= 0.3 is 0 Å². The Morgan fingerprint density at radius 1 is 1.38 bits per heavy atom. The summed E-state index contributed by atoms with van der Waals surface area (Å²) in [6, 6.07) is 3.49. The minimum Gasteiger partial charge on any atom is -0.480 e. The predicted molar refractivity (Wildman–Crippen MR) is 97.1 cm³/mol. The van der Waals surface area contributed by atoms with E-state index in [9.17, 15) is 4.79 Å². The number of ether oxygens (including phenoxy) is 2. The van der Waals surface area contributed by atoms with E-state index < -0.39 is 0 Å². The molecule has 1 amide bonds. The van der Waals surface area contributed by atoms with Crippen molar-refractivity contribution in [1.29, 1.82) is 0 Å². The lowest BCUT2D eigenvalue weighted by atomic mass is 9.98. The molecule has 7 heteroatoms. The molecule has 0 unspecified atom stereocenters. The van der Waals surface area contributed by atoms with Gasteiger partial charge in [0, 0.05) is 38.0 Å². The van der Waals surface area contributed by atoms with E-state index in [-0.39, 0.29) is 11.8 Å². The van der Waals surface area contributed by atoms with Gasteiger partial charge in [-0.25, -0.2) is 9.97 Å². The molecule has 0 saturated carbocycles. The maximum Gasteiger partial charge on any atom is 0.259 e. The summed E-state index contributed by atoms with van der Waals surface area (Å²) in [5, 5.41) is 0. The first-order chi connectivity index (χ1) is 12.5. The van der Waals surface area contributed by atoms with Crippen molar-refractivity contribution in [3.05, 3.63) is 41.6 Å². The molecule has 26 heavy (non-hydrogen) atoms. The fourth-order valence-electron chi connectivity index (χ4n) is 3.35. The zero-order chi connectivity index (χ0) is 18.7. The third kappa shape index (κ3) is 3.72. The van der Waals surface area contributed by atoms with Gasteiger partial charge in [0.05, 0.1) is 32.3 Å². The van der Waals surface area contributed by atoms with E-state index in [0.29, 0.717) is 43.7 Å². The van der Waals surface area contributed by atoms with Gasteiger partial charge in [0.15, 0.2) is 0 Å². The molecular formula is C19H26N4O3. The highest BCUT2D eigenvalue weighted by atomic mass is 16.5. The van der Waals surface area contributed by atoms with Crippen molar-refractivity contribution in [1.82, 2.24) is 19.4 Å². The molecule has 2 aromatic rings. The highest BCUT2D eigenvalue weighted by Gasteiger charge is 2.33. The first kappa shape index (κ1) is 18.4. The lowest BCUT2D eigenvalue weighted by Crippen LogP contribution is -2.40. The molecule has 140 valence electrons. The summed E-state index contributed by atoms with van der Waals surface area (Å²) in [4.78, 5) is 23.5. The Morgan fingerprint density at radius 2 is 2.19 bits per heavy atom. The quantitative estimate of drug-likeness (QED) is 0.792. The van der Waals surface area contributed by atoms with Crippen LogP contribution in [-0.4, -0.2) is 52.2 Å². The van der Waals surface area contributed by atoms with Crippen LogP contribution in [0.1, 0.15) is 41.5 Å². The Bertz CT molecular complexity index is 772. The lowest BCUT2D eigenvalue weighted by Gasteiger charge is -2.33. The second-order valence-electron chi connectivity index (χ2n) is 7.06. The van der Waals surface area contributed by atoms with Gasteiger partial charge in [0.25, 0.3) is 5.91 Å². The second-order valence-corrected chi connectivity index (χ2v) is 7.06. The normalized spacial score (nSPS) is 16.7. The smallest absolute Gasteiger partial charge is 0.259 e. The van der Waals surface area contributed by atoms with Crippen LogP contribution in [-0.2, 0) is 18.3 Å². The molecule has 0 saturated heterocycles. The van der Waals surface area contributed by atoms with Crippen LogP contribution in [0.15, 0.2) is 24.7 Å². The van der Waals surface area contributed by atoms with Crippen molar-refractivity contribution < 1.29 is 14.3 Å². The minimum atomic E-state index is -0.0971. The Morgan fingerprint density at radius 3 is 2.92 bits per heavy atom. The highest BCUT2D eigenvalue weighted by molar-refractivity contribution is 5.96. The van der Waals surface area contributed by atoms with Crippen LogP contribution in [0, 0.1) is 5.92 Å². The van der Waals surface area contributed by atoms with E-state index >= 15 is 0 Å². The van der Waals surface area contributed by atoms with Gasteiger partial charge in [0.2, 0.25) is 5.88 Å². The monoisotopic (exact) mass is 358 g/mol. The first-order valence-corrected chi connectivity index (χ1v) is 8.87. The van der Waals surface area contributed by atoms with Crippen LogP contribution in [0.3, 0.4) is 0 Å². The summed E-state index contributed by atoms with van der Waals surface area (Å²) in [7, 11) is 3.51. The zero-order valence-electron chi connectivity index (χ0n) is 15.8. The Labute approximate surface area is 154 Å². The third-order valence-electron chi connectivity index (χ3n) is 4.48. The van der Waals surface area contributed by atoms with Crippen LogP contribution in [0.2, 0.25) is 0 Å². The summed E-state index contributed by atoms with van der Waals surface area (Å²) >= 11 is 0. The van der Waals surface area contributed by atoms with Gasteiger partial charge in [0.1, 0.15) is 5.56 Å². The maximum absolute atomic E-state index is 13.1. The number of carbonyl (C=O) groups is 1. The van der Waals surface area contributed by atoms with Crippen LogP contribution < -0.4 is 4.74 Å². The third-order valence-corrected chi connectivity index (χ3v) is 4.48. The first-order valence-electron chi connectivity index (χ1n) is 8.87. The molecule has 0 radical (unpaired) electrons. The molecule has 0 N–H and O–H groups in total. The molecule has 1 atom stereocenters. The van der Waals surface area contributed by atoms with E-state index in [1.165, 1.54) is 7.11 Å². The number of hydrogen-bond acceptors (Lipinski definition) is 5. The maximum atomic E-state index is 13.1. The average molecular weight is 358 g/mol. The molecule has 0 fully saturated rings. The fraction of sp³-hybridized carbons (Fsp3) is 0.526. The van der Waals surface area contributed by atoms with Crippen LogP contribution in [0.4, 0.5) is 0 Å². The molecule has 0 spiro atoms. The van der Waals surface area contributed by atoms with Crippen LogP contribution in [0.25, 0.3) is 0 Å². The molecule has 0 aromatic carbocycles. The van der Waals surface area contributed by atoms with Crippen LogP contribution in [0.5, 0.6) is 5.88 Å². The molecule has 0 bridgehead atoms. The second kappa shape index (κ2) is 7.86. The molecule has 1 aliphatic rings. The van der Waals surface area contributed by atoms with E-state index in [0.717, 1.165) is 11.4 Å². The van der Waals surface area contributed by atoms with Crippen molar-refractivity contribution >= 4 is 5.91 Å². The van der Waals surface area contributed by atoms with Gasteiger partial charge in [-0.15, -0.1) is 0 Å². The summed E-state index contributed by atoms with van der Waals surface area (Å²) in [5.74, 6) is 0.815. The van der Waals surface area contributed by atoms with E-state index in [2.05, 4.69) is 23.8 Å². The number of rotatable bonds is 6. The standard InChI is InChI=1S/C19H26N4O3/c1-13(2)10-26-11-14-8-23(9-16-17(14)22(3)12-21-16)19(24)15-6-5-7-20-18(15)25-4/h5-7,12-14H,8-11H2,1-4H3/t14-/m0/s1.